The summed E-state index contributed by atoms with van der Waals surface area (Å²) in [5.41, 5.74) is 1.91. The van der Waals surface area contributed by atoms with Gasteiger partial charge < -0.3 is 23.7 Å². The third kappa shape index (κ3) is 3.58. The normalized spacial score (nSPS) is 27.8. The predicted octanol–water partition coefficient (Wildman–Crippen LogP) is 3.29. The minimum absolute atomic E-state index is 0.00860. The van der Waals surface area contributed by atoms with Gasteiger partial charge >= 0.3 is 0 Å². The Morgan fingerprint density at radius 2 is 1.91 bits per heavy atom. The van der Waals surface area contributed by atoms with Crippen LogP contribution in [-0.4, -0.2) is 38.3 Å². The molecule has 1 aromatic rings. The van der Waals surface area contributed by atoms with Crippen LogP contribution >= 0.6 is 0 Å². The van der Waals surface area contributed by atoms with Gasteiger partial charge in [0.15, 0.2) is 12.1 Å². The molecular weight excluding hydrogens is 296 g/mol. The van der Waals surface area contributed by atoms with Crippen LogP contribution in [-0.2, 0) is 18.9 Å². The topological polar surface area (TPSA) is 46.2 Å². The molecule has 2 fully saturated rings. The summed E-state index contributed by atoms with van der Waals surface area (Å²) in [6.45, 7) is 7.05. The summed E-state index contributed by atoms with van der Waals surface area (Å²) in [6.07, 6.45) is 3.57. The maximum absolute atomic E-state index is 5.90. The van der Waals surface area contributed by atoms with Crippen LogP contribution < -0.4 is 4.74 Å². The second kappa shape index (κ2) is 6.61. The van der Waals surface area contributed by atoms with E-state index in [2.05, 4.69) is 0 Å². The van der Waals surface area contributed by atoms with Gasteiger partial charge in [0.25, 0.3) is 0 Å². The molecule has 2 saturated heterocycles. The quantitative estimate of drug-likeness (QED) is 0.852. The highest BCUT2D eigenvalue weighted by Gasteiger charge is 2.37. The first-order valence-electron chi connectivity index (χ1n) is 7.94. The van der Waals surface area contributed by atoms with Crippen molar-refractivity contribution in [1.82, 2.24) is 0 Å². The van der Waals surface area contributed by atoms with Gasteiger partial charge in [0, 0.05) is 0 Å². The van der Waals surface area contributed by atoms with Crippen molar-refractivity contribution in [3.8, 4) is 5.75 Å². The van der Waals surface area contributed by atoms with Crippen molar-refractivity contribution < 1.29 is 23.7 Å². The Hall–Kier alpha value is -1.40. The number of hydrogen-bond acceptors (Lipinski definition) is 5. The van der Waals surface area contributed by atoms with Crippen LogP contribution in [0.1, 0.15) is 38.2 Å². The lowest BCUT2D eigenvalue weighted by atomic mass is 10.0. The first-order chi connectivity index (χ1) is 11.0. The first-order valence-corrected chi connectivity index (χ1v) is 7.94. The molecule has 2 heterocycles. The third-order valence-corrected chi connectivity index (χ3v) is 3.99. The molecule has 0 unspecified atom stereocenters. The maximum atomic E-state index is 5.90. The zero-order valence-electron chi connectivity index (χ0n) is 14.1. The Bertz CT molecular complexity index is 575. The Kier molecular flexibility index (Phi) is 4.73. The monoisotopic (exact) mass is 320 g/mol. The van der Waals surface area contributed by atoms with E-state index in [1.54, 1.807) is 7.11 Å². The zero-order chi connectivity index (χ0) is 16.4. The summed E-state index contributed by atoms with van der Waals surface area (Å²) in [6, 6.07) is 5.89. The summed E-state index contributed by atoms with van der Waals surface area (Å²) >= 11 is 0. The summed E-state index contributed by atoms with van der Waals surface area (Å²) in [7, 11) is 1.65. The summed E-state index contributed by atoms with van der Waals surface area (Å²) < 4.78 is 28.5. The second-order valence-electron chi connectivity index (χ2n) is 6.20. The Labute approximate surface area is 137 Å². The molecule has 126 valence electrons. The fourth-order valence-corrected chi connectivity index (χ4v) is 3.02. The van der Waals surface area contributed by atoms with Crippen molar-refractivity contribution in [1.29, 1.82) is 0 Å². The van der Waals surface area contributed by atoms with E-state index in [1.165, 1.54) is 0 Å². The SMILES string of the molecule is COc1cccc(/C=C\[C@H]2OC(C)(C)O[C@H]2C)c1C1OCCO1. The van der Waals surface area contributed by atoms with Gasteiger partial charge in [-0.15, -0.1) is 0 Å². The average molecular weight is 320 g/mol. The van der Waals surface area contributed by atoms with Crippen LogP contribution in [0.4, 0.5) is 0 Å². The van der Waals surface area contributed by atoms with E-state index in [0.29, 0.717) is 13.2 Å². The van der Waals surface area contributed by atoms with E-state index < -0.39 is 5.79 Å². The third-order valence-electron chi connectivity index (χ3n) is 3.99. The largest absolute Gasteiger partial charge is 0.496 e. The Balaban J connectivity index is 1.86. The van der Waals surface area contributed by atoms with Crippen molar-refractivity contribution in [2.75, 3.05) is 20.3 Å². The molecule has 0 amide bonds. The lowest BCUT2D eigenvalue weighted by molar-refractivity contribution is -0.141. The molecule has 5 nitrogen and oxygen atoms in total. The highest BCUT2D eigenvalue weighted by atomic mass is 16.7. The fraction of sp³-hybridized carbons (Fsp3) is 0.556. The van der Waals surface area contributed by atoms with Crippen LogP contribution in [0.2, 0.25) is 0 Å². The van der Waals surface area contributed by atoms with Crippen LogP contribution in [0.25, 0.3) is 6.08 Å². The Morgan fingerprint density at radius 1 is 1.17 bits per heavy atom. The number of ether oxygens (including phenoxy) is 5. The van der Waals surface area contributed by atoms with Crippen molar-refractivity contribution >= 4 is 6.08 Å². The number of benzene rings is 1. The summed E-state index contributed by atoms with van der Waals surface area (Å²) in [5, 5.41) is 0. The van der Waals surface area contributed by atoms with Crippen molar-refractivity contribution in [3.05, 3.63) is 35.4 Å². The molecule has 2 atom stereocenters. The molecule has 2 aliphatic heterocycles. The Morgan fingerprint density at radius 3 is 2.52 bits per heavy atom. The van der Waals surface area contributed by atoms with E-state index in [1.807, 2.05) is 51.1 Å². The van der Waals surface area contributed by atoms with Gasteiger partial charge in [0.1, 0.15) is 11.9 Å². The van der Waals surface area contributed by atoms with Gasteiger partial charge in [-0.2, -0.15) is 0 Å². The first kappa shape index (κ1) is 16.5. The molecule has 23 heavy (non-hydrogen) atoms. The summed E-state index contributed by atoms with van der Waals surface area (Å²) in [4.78, 5) is 0. The molecule has 0 spiro atoms. The van der Waals surface area contributed by atoms with E-state index in [4.69, 9.17) is 23.7 Å². The van der Waals surface area contributed by atoms with E-state index >= 15 is 0 Å². The molecule has 1 aromatic carbocycles. The maximum Gasteiger partial charge on any atom is 0.188 e. The fourth-order valence-electron chi connectivity index (χ4n) is 3.02. The zero-order valence-corrected chi connectivity index (χ0v) is 14.1. The molecule has 3 rings (SSSR count). The van der Waals surface area contributed by atoms with Gasteiger partial charge in [0.2, 0.25) is 0 Å². The lowest BCUT2D eigenvalue weighted by Gasteiger charge is -2.17. The molecule has 0 aromatic heterocycles. The van der Waals surface area contributed by atoms with Crippen molar-refractivity contribution in [2.24, 2.45) is 0 Å². The highest BCUT2D eigenvalue weighted by Crippen LogP contribution is 2.35. The van der Waals surface area contributed by atoms with Crippen LogP contribution in [0.15, 0.2) is 24.3 Å². The van der Waals surface area contributed by atoms with Gasteiger partial charge in [-0.05, 0) is 32.4 Å². The van der Waals surface area contributed by atoms with Crippen LogP contribution in [0.3, 0.4) is 0 Å². The number of rotatable bonds is 4. The minimum Gasteiger partial charge on any atom is -0.496 e. The average Bonchev–Trinajstić information content (AvgIpc) is 3.12. The standard InChI is InChI=1S/C18H24O5/c1-12-14(23-18(2,3)22-12)9-8-13-6-5-7-15(19-4)16(13)17-20-10-11-21-17/h5-9,12,14,17H,10-11H2,1-4H3/b9-8-/t12-,14+/m0/s1. The molecule has 0 N–H and O–H groups in total. The van der Waals surface area contributed by atoms with Gasteiger partial charge in [-0.25, -0.2) is 0 Å². The molecule has 0 saturated carbocycles. The summed E-state index contributed by atoms with van der Waals surface area (Å²) in [5.74, 6) is 0.208. The minimum atomic E-state index is -0.552. The van der Waals surface area contributed by atoms with Crippen LogP contribution in [0, 0.1) is 0 Å². The highest BCUT2D eigenvalue weighted by molar-refractivity contribution is 5.59. The molecule has 0 radical (unpaired) electrons. The smallest absolute Gasteiger partial charge is 0.188 e. The molecular formula is C18H24O5. The van der Waals surface area contributed by atoms with Crippen LogP contribution in [0.5, 0.6) is 5.75 Å². The van der Waals surface area contributed by atoms with Crippen molar-refractivity contribution in [2.45, 2.75) is 45.1 Å². The number of hydrogen-bond donors (Lipinski definition) is 0. The lowest BCUT2D eigenvalue weighted by Crippen LogP contribution is -2.20. The van der Waals surface area contributed by atoms with Crippen molar-refractivity contribution in [3.63, 3.8) is 0 Å². The molecule has 5 heteroatoms. The van der Waals surface area contributed by atoms with Gasteiger partial charge in [0.05, 0.1) is 32.0 Å². The van der Waals surface area contributed by atoms with E-state index in [0.717, 1.165) is 16.9 Å². The van der Waals surface area contributed by atoms with Gasteiger partial charge in [-0.3, -0.25) is 0 Å². The molecule has 0 bridgehead atoms. The number of methoxy groups -OCH3 is 1. The van der Waals surface area contributed by atoms with Gasteiger partial charge in [-0.1, -0.05) is 24.3 Å². The van der Waals surface area contributed by atoms with E-state index in [9.17, 15) is 0 Å². The molecule has 0 aliphatic carbocycles. The second-order valence-corrected chi connectivity index (χ2v) is 6.20. The van der Waals surface area contributed by atoms with E-state index in [-0.39, 0.29) is 18.5 Å². The predicted molar refractivity (Wildman–Crippen MR) is 86.2 cm³/mol. The molecule has 2 aliphatic rings.